The van der Waals surface area contributed by atoms with Crippen molar-refractivity contribution >= 4 is 10.0 Å². The van der Waals surface area contributed by atoms with Crippen molar-refractivity contribution in [3.05, 3.63) is 53.3 Å². The highest BCUT2D eigenvalue weighted by molar-refractivity contribution is 7.89. The molecule has 9 nitrogen and oxygen atoms in total. The van der Waals surface area contributed by atoms with E-state index in [-0.39, 0.29) is 24.6 Å². The van der Waals surface area contributed by atoms with E-state index in [0.717, 1.165) is 4.31 Å². The van der Waals surface area contributed by atoms with Gasteiger partial charge in [0.1, 0.15) is 29.2 Å². The Morgan fingerprint density at radius 2 is 1.97 bits per heavy atom. The van der Waals surface area contributed by atoms with E-state index >= 15 is 0 Å². The molecule has 2 N–H and O–H groups in total. The number of alkyl halides is 3. The van der Waals surface area contributed by atoms with E-state index in [0.29, 0.717) is 18.2 Å². The van der Waals surface area contributed by atoms with Gasteiger partial charge in [-0.25, -0.2) is 13.4 Å². The number of pyridine rings is 1. The lowest BCUT2D eigenvalue weighted by atomic mass is 9.92. The Morgan fingerprint density at radius 1 is 1.24 bits per heavy atom. The highest BCUT2D eigenvalue weighted by Crippen LogP contribution is 2.35. The van der Waals surface area contributed by atoms with Crippen molar-refractivity contribution in [3.8, 4) is 17.9 Å². The van der Waals surface area contributed by atoms with E-state index in [1.54, 1.807) is 0 Å². The fourth-order valence-corrected chi connectivity index (χ4v) is 5.04. The van der Waals surface area contributed by atoms with Gasteiger partial charge in [0.15, 0.2) is 0 Å². The Bertz CT molecular complexity index is 1220. The molecule has 1 saturated heterocycles. The van der Waals surface area contributed by atoms with Crippen molar-refractivity contribution in [1.29, 1.82) is 10.5 Å². The van der Waals surface area contributed by atoms with Crippen LogP contribution in [0.3, 0.4) is 0 Å². The third-order valence-electron chi connectivity index (χ3n) is 5.26. The zero-order valence-electron chi connectivity index (χ0n) is 16.8. The van der Waals surface area contributed by atoms with Crippen molar-refractivity contribution < 1.29 is 36.5 Å². The summed E-state index contributed by atoms with van der Waals surface area (Å²) in [5.74, 6) is -0.669. The molecule has 3 rings (SSSR count). The van der Waals surface area contributed by atoms with Gasteiger partial charge in [-0.15, -0.1) is 0 Å². The number of aliphatic hydroxyl groups excluding tert-OH is 1. The maximum absolute atomic E-state index is 13.1. The first-order chi connectivity index (χ1) is 15.4. The monoisotopic (exact) mass is 482 g/mol. The van der Waals surface area contributed by atoms with E-state index in [2.05, 4.69) is 4.98 Å². The minimum Gasteiger partial charge on any atom is -0.492 e. The SMILES string of the molecule is N#Cc1ccc(OC[C@H]2CN(S(=O)(=O)c3ccc(C(F)(F)F)cc3C#N)C[C@@]2(O)CO)cn1. The standard InChI is InChI=1S/C20H17F3N4O5S/c21-20(22,23)14-1-4-18(13(5-14)6-24)33(30,31)27-9-15(19(29,11-27)12-28)10-32-17-3-2-16(7-25)26-8-17/h1-5,8,15,28-29H,9-12H2/t15-,19-/m1/s1. The molecule has 1 aromatic heterocycles. The van der Waals surface area contributed by atoms with Gasteiger partial charge in [0.2, 0.25) is 10.0 Å². The average molecular weight is 482 g/mol. The van der Waals surface area contributed by atoms with Crippen LogP contribution in [0.1, 0.15) is 16.8 Å². The van der Waals surface area contributed by atoms with Gasteiger partial charge in [-0.05, 0) is 30.3 Å². The highest BCUT2D eigenvalue weighted by Gasteiger charge is 2.49. The van der Waals surface area contributed by atoms with E-state index in [1.807, 2.05) is 6.07 Å². The number of aromatic nitrogens is 1. The first-order valence-electron chi connectivity index (χ1n) is 9.38. The second-order valence-electron chi connectivity index (χ2n) is 7.38. The summed E-state index contributed by atoms with van der Waals surface area (Å²) in [6.07, 6.45) is -3.50. The largest absolute Gasteiger partial charge is 0.492 e. The zero-order valence-corrected chi connectivity index (χ0v) is 17.6. The van der Waals surface area contributed by atoms with Gasteiger partial charge in [0.25, 0.3) is 0 Å². The Kier molecular flexibility index (Phi) is 6.63. The molecule has 174 valence electrons. The Hall–Kier alpha value is -3.23. The summed E-state index contributed by atoms with van der Waals surface area (Å²) in [5.41, 5.74) is -3.61. The maximum Gasteiger partial charge on any atom is 0.416 e. The lowest BCUT2D eigenvalue weighted by molar-refractivity contribution is -0.137. The molecule has 0 bridgehead atoms. The lowest BCUT2D eigenvalue weighted by Crippen LogP contribution is -2.44. The van der Waals surface area contributed by atoms with E-state index in [9.17, 15) is 37.1 Å². The van der Waals surface area contributed by atoms with Crippen LogP contribution >= 0.6 is 0 Å². The van der Waals surface area contributed by atoms with Crippen molar-refractivity contribution in [3.63, 3.8) is 0 Å². The van der Waals surface area contributed by atoms with Gasteiger partial charge >= 0.3 is 6.18 Å². The molecular formula is C20H17F3N4O5S. The number of benzene rings is 1. The Balaban J connectivity index is 1.84. The third kappa shape index (κ3) is 4.91. The number of nitrogens with zero attached hydrogens (tertiary/aromatic N) is 4. The van der Waals surface area contributed by atoms with Crippen molar-refractivity contribution in [1.82, 2.24) is 9.29 Å². The summed E-state index contributed by atoms with van der Waals surface area (Å²) in [4.78, 5) is 3.18. The number of nitriles is 2. The summed E-state index contributed by atoms with van der Waals surface area (Å²) in [5, 5.41) is 38.5. The summed E-state index contributed by atoms with van der Waals surface area (Å²) in [7, 11) is -4.48. The van der Waals surface area contributed by atoms with Gasteiger partial charge in [-0.1, -0.05) is 0 Å². The van der Waals surface area contributed by atoms with E-state index in [4.69, 9.17) is 10.00 Å². The van der Waals surface area contributed by atoms with Crippen LogP contribution in [0.5, 0.6) is 5.75 Å². The summed E-state index contributed by atoms with van der Waals surface area (Å²) in [6, 6.07) is 7.85. The van der Waals surface area contributed by atoms with Crippen LogP contribution in [0.2, 0.25) is 0 Å². The minimum absolute atomic E-state index is 0.150. The van der Waals surface area contributed by atoms with Crippen molar-refractivity contribution in [2.24, 2.45) is 5.92 Å². The van der Waals surface area contributed by atoms with Gasteiger partial charge in [-0.2, -0.15) is 28.0 Å². The molecule has 1 aliphatic rings. The molecule has 0 saturated carbocycles. The summed E-state index contributed by atoms with van der Waals surface area (Å²) < 4.78 is 71.3. The molecule has 1 fully saturated rings. The molecule has 13 heteroatoms. The lowest BCUT2D eigenvalue weighted by Gasteiger charge is -2.26. The normalized spacial score (nSPS) is 21.4. The van der Waals surface area contributed by atoms with Crippen LogP contribution in [-0.4, -0.2) is 59.8 Å². The molecule has 0 aliphatic carbocycles. The third-order valence-corrected chi connectivity index (χ3v) is 7.12. The molecule has 33 heavy (non-hydrogen) atoms. The topological polar surface area (TPSA) is 148 Å². The second kappa shape index (κ2) is 8.96. The molecule has 2 atom stereocenters. The fourth-order valence-electron chi connectivity index (χ4n) is 3.37. The molecule has 0 spiro atoms. The van der Waals surface area contributed by atoms with Crippen LogP contribution in [0.4, 0.5) is 13.2 Å². The van der Waals surface area contributed by atoms with Crippen LogP contribution in [0.15, 0.2) is 41.4 Å². The van der Waals surface area contributed by atoms with Gasteiger partial charge in [0, 0.05) is 19.0 Å². The number of rotatable bonds is 6. The molecular weight excluding hydrogens is 465 g/mol. The van der Waals surface area contributed by atoms with E-state index in [1.165, 1.54) is 24.4 Å². The highest BCUT2D eigenvalue weighted by atomic mass is 32.2. The van der Waals surface area contributed by atoms with Crippen LogP contribution in [0, 0.1) is 28.6 Å². The van der Waals surface area contributed by atoms with Crippen LogP contribution in [0.25, 0.3) is 0 Å². The van der Waals surface area contributed by atoms with Crippen molar-refractivity contribution in [2.45, 2.75) is 16.7 Å². The molecule has 0 radical (unpaired) electrons. The Morgan fingerprint density at radius 3 is 2.52 bits per heavy atom. The number of hydrogen-bond donors (Lipinski definition) is 2. The van der Waals surface area contributed by atoms with Gasteiger partial charge in [-0.3, -0.25) is 0 Å². The van der Waals surface area contributed by atoms with Gasteiger partial charge < -0.3 is 14.9 Å². The predicted octanol–water partition coefficient (Wildman–Crippen LogP) is 1.27. The molecule has 2 aromatic rings. The quantitative estimate of drug-likeness (QED) is 0.626. The minimum atomic E-state index is -4.76. The molecule has 1 aromatic carbocycles. The first-order valence-corrected chi connectivity index (χ1v) is 10.8. The molecule has 1 aliphatic heterocycles. The smallest absolute Gasteiger partial charge is 0.416 e. The van der Waals surface area contributed by atoms with Crippen LogP contribution < -0.4 is 4.74 Å². The van der Waals surface area contributed by atoms with E-state index < -0.39 is 56.9 Å². The summed E-state index contributed by atoms with van der Waals surface area (Å²) in [6.45, 7) is -1.92. The average Bonchev–Trinajstić information content (AvgIpc) is 3.14. The zero-order chi connectivity index (χ0) is 24.4. The number of halogens is 3. The second-order valence-corrected chi connectivity index (χ2v) is 9.28. The number of sulfonamides is 1. The van der Waals surface area contributed by atoms with Gasteiger partial charge in [0.05, 0.1) is 35.4 Å². The predicted molar refractivity (Wildman–Crippen MR) is 105 cm³/mol. The van der Waals surface area contributed by atoms with Crippen LogP contribution in [-0.2, 0) is 16.2 Å². The summed E-state index contributed by atoms with van der Waals surface area (Å²) >= 11 is 0. The first kappa shape index (κ1) is 24.4. The molecule has 2 heterocycles. The maximum atomic E-state index is 13.1. The number of β-amino-alcohol motifs (C(OH)–C–C–N with tert-alkyl or cyclic N) is 1. The number of ether oxygens (including phenoxy) is 1. The number of hydrogen-bond acceptors (Lipinski definition) is 8. The fraction of sp³-hybridized carbons (Fsp3) is 0.350. The molecule has 0 unspecified atom stereocenters. The number of aliphatic hydroxyl groups is 2. The Labute approximate surface area is 186 Å². The molecule has 0 amide bonds. The van der Waals surface area contributed by atoms with Crippen molar-refractivity contribution in [2.75, 3.05) is 26.3 Å².